The van der Waals surface area contributed by atoms with E-state index in [1.54, 1.807) is 6.92 Å². The molecule has 4 aliphatic rings. The first-order valence-corrected chi connectivity index (χ1v) is 20.2. The lowest BCUT2D eigenvalue weighted by Crippen LogP contribution is -2.50. The number of hydrogen-bond acceptors (Lipinski definition) is 10. The summed E-state index contributed by atoms with van der Waals surface area (Å²) < 4.78 is 48.3. The van der Waals surface area contributed by atoms with Gasteiger partial charge < -0.3 is 32.4 Å². The predicted molar refractivity (Wildman–Crippen MR) is 162 cm³/mol. The van der Waals surface area contributed by atoms with Crippen LogP contribution >= 0.6 is 6.64 Å². The Labute approximate surface area is 253 Å². The minimum absolute atomic E-state index is 0.00730. The Balaban J connectivity index is 1.43. The lowest BCUT2D eigenvalue weighted by molar-refractivity contribution is -0.217. The molecule has 0 amide bonds. The number of ether oxygens (including phenoxy) is 4. The Hall–Kier alpha value is -0.773. The van der Waals surface area contributed by atoms with Gasteiger partial charge in [-0.05, 0) is 64.6 Å². The molecule has 0 radical (unpaired) electrons. The maximum absolute atomic E-state index is 12.8. The highest BCUT2D eigenvalue weighted by atomic mass is 32.5. The lowest BCUT2D eigenvalue weighted by Gasteiger charge is -2.46. The van der Waals surface area contributed by atoms with Crippen molar-refractivity contribution in [1.29, 1.82) is 0 Å². The standard InChI is InChI=1S/C27H46N3O9PSSi/c1-15(2)30-13-18-21(22-24(35-18)37-27(7,8)36-22)39-40(30,41)38-17-11-20(29-12-16(3)23(31)28-25(29)32)34-19(17)14-33-42(9,10)26(4,5)6/h12,15,17-22,24H,11,13-14H2,1-10H3,(H,28,31,32)/t17-,18+,19+,20+,21-,22+,24+,40+/m0/s1. The molecule has 4 saturated heterocycles. The molecule has 4 aliphatic heterocycles. The lowest BCUT2D eigenvalue weighted by atomic mass is 10.1. The number of aromatic amines is 1. The summed E-state index contributed by atoms with van der Waals surface area (Å²) in [5.41, 5.74) is -0.556. The van der Waals surface area contributed by atoms with E-state index in [0.29, 0.717) is 18.5 Å². The van der Waals surface area contributed by atoms with Crippen molar-refractivity contribution in [3.63, 3.8) is 0 Å². The van der Waals surface area contributed by atoms with E-state index in [-0.39, 0.29) is 23.8 Å². The molecule has 0 aliphatic carbocycles. The van der Waals surface area contributed by atoms with E-state index in [9.17, 15) is 9.59 Å². The molecule has 15 heteroatoms. The number of hydrogen-bond donors (Lipinski definition) is 1. The fourth-order valence-corrected chi connectivity index (χ4v) is 10.3. The van der Waals surface area contributed by atoms with Gasteiger partial charge in [-0.15, -0.1) is 0 Å². The van der Waals surface area contributed by atoms with E-state index < -0.39 is 68.9 Å². The SMILES string of the molecule is Cc1cn([C@H]2C[C@H](O[P@@]3(=S)O[C@@H]4[C@H]5OC(C)(C)O[C@H]5O[C@@H]4CN3C(C)C)[C@@H](CO[Si](C)(C)C(C)(C)C)O2)c(=O)[nH]c1=O. The predicted octanol–water partition coefficient (Wildman–Crippen LogP) is 3.75. The van der Waals surface area contributed by atoms with Crippen molar-refractivity contribution in [2.24, 2.45) is 0 Å². The second-order valence-corrected chi connectivity index (χ2v) is 22.0. The van der Waals surface area contributed by atoms with Gasteiger partial charge in [-0.2, -0.15) is 0 Å². The van der Waals surface area contributed by atoms with Crippen LogP contribution in [0.1, 0.15) is 66.7 Å². The Kier molecular flexibility index (Phi) is 8.72. The van der Waals surface area contributed by atoms with Gasteiger partial charge in [0.1, 0.15) is 30.6 Å². The second-order valence-electron chi connectivity index (χ2n) is 14.0. The molecule has 1 aromatic heterocycles. The summed E-state index contributed by atoms with van der Waals surface area (Å²) in [6.07, 6.45) is -1.54. The summed E-state index contributed by atoms with van der Waals surface area (Å²) in [6, 6.07) is 0.0172. The van der Waals surface area contributed by atoms with Crippen molar-refractivity contribution < 1.29 is 32.4 Å². The Morgan fingerprint density at radius 2 is 1.88 bits per heavy atom. The van der Waals surface area contributed by atoms with Gasteiger partial charge in [0.2, 0.25) is 0 Å². The highest BCUT2D eigenvalue weighted by Gasteiger charge is 2.60. The smallest absolute Gasteiger partial charge is 0.330 e. The molecule has 0 bridgehead atoms. The molecule has 0 aromatic carbocycles. The Bertz CT molecular complexity index is 1350. The number of rotatable bonds is 7. The van der Waals surface area contributed by atoms with Crippen molar-refractivity contribution in [3.8, 4) is 0 Å². The van der Waals surface area contributed by atoms with Gasteiger partial charge in [-0.3, -0.25) is 14.3 Å². The molecule has 12 nitrogen and oxygen atoms in total. The van der Waals surface area contributed by atoms with Crippen molar-refractivity contribution >= 4 is 26.8 Å². The van der Waals surface area contributed by atoms with Gasteiger partial charge in [-0.25, -0.2) is 9.46 Å². The van der Waals surface area contributed by atoms with Crippen LogP contribution < -0.4 is 11.2 Å². The molecule has 0 unspecified atom stereocenters. The molecule has 8 atom stereocenters. The van der Waals surface area contributed by atoms with Gasteiger partial charge in [0.15, 0.2) is 20.4 Å². The van der Waals surface area contributed by atoms with Crippen LogP contribution in [0.4, 0.5) is 0 Å². The number of H-pyrrole nitrogens is 1. The third kappa shape index (κ3) is 6.19. The first-order chi connectivity index (χ1) is 19.3. The molecule has 5 rings (SSSR count). The van der Waals surface area contributed by atoms with Crippen LogP contribution in [0.2, 0.25) is 18.1 Å². The molecule has 0 spiro atoms. The first kappa shape index (κ1) is 32.6. The number of fused-ring (bicyclic) bond motifs is 3. The molecule has 1 aromatic rings. The average Bonchev–Trinajstić information content (AvgIpc) is 3.48. The van der Waals surface area contributed by atoms with Crippen LogP contribution in [-0.2, 0) is 44.2 Å². The molecule has 4 fully saturated rings. The van der Waals surface area contributed by atoms with Gasteiger partial charge >= 0.3 is 5.69 Å². The zero-order valence-electron chi connectivity index (χ0n) is 26.2. The third-order valence-corrected chi connectivity index (χ3v) is 16.9. The van der Waals surface area contributed by atoms with Crippen LogP contribution in [0.15, 0.2) is 15.8 Å². The van der Waals surface area contributed by atoms with E-state index in [1.807, 2.05) is 13.8 Å². The summed E-state index contributed by atoms with van der Waals surface area (Å²) in [5.74, 6) is -0.789. The molecular weight excluding hydrogens is 601 g/mol. The van der Waals surface area contributed by atoms with Gasteiger partial charge in [0.25, 0.3) is 12.2 Å². The van der Waals surface area contributed by atoms with Crippen LogP contribution in [0.5, 0.6) is 0 Å². The molecule has 0 saturated carbocycles. The summed E-state index contributed by atoms with van der Waals surface area (Å²) in [6.45, 7) is 18.0. The summed E-state index contributed by atoms with van der Waals surface area (Å²) in [5, 5.41) is -0.00730. The summed E-state index contributed by atoms with van der Waals surface area (Å²) in [7, 11) is -2.14. The molecular formula is C27H46N3O9PSSi. The highest BCUT2D eigenvalue weighted by Crippen LogP contribution is 2.62. The number of aromatic nitrogens is 2. The van der Waals surface area contributed by atoms with Crippen molar-refractivity contribution in [1.82, 2.24) is 14.2 Å². The number of nitrogens with one attached hydrogen (secondary N) is 1. The topological polar surface area (TPSA) is 123 Å². The Morgan fingerprint density at radius 3 is 2.52 bits per heavy atom. The quantitative estimate of drug-likeness (QED) is 0.344. The largest absolute Gasteiger partial charge is 0.414 e. The highest BCUT2D eigenvalue weighted by molar-refractivity contribution is 8.08. The van der Waals surface area contributed by atoms with Gasteiger partial charge in [0.05, 0.1) is 12.7 Å². The fourth-order valence-electron chi connectivity index (χ4n) is 5.51. The van der Waals surface area contributed by atoms with Crippen molar-refractivity contribution in [2.45, 2.75) is 135 Å². The van der Waals surface area contributed by atoms with E-state index in [2.05, 4.69) is 57.4 Å². The maximum Gasteiger partial charge on any atom is 0.330 e. The van der Waals surface area contributed by atoms with Crippen molar-refractivity contribution in [2.75, 3.05) is 13.2 Å². The zero-order chi connectivity index (χ0) is 31.0. The molecule has 238 valence electrons. The minimum atomic E-state index is -3.09. The van der Waals surface area contributed by atoms with Crippen molar-refractivity contribution in [3.05, 3.63) is 32.6 Å². The Morgan fingerprint density at radius 1 is 1.19 bits per heavy atom. The molecule has 5 heterocycles. The van der Waals surface area contributed by atoms with E-state index in [4.69, 9.17) is 44.2 Å². The third-order valence-electron chi connectivity index (χ3n) is 8.94. The van der Waals surface area contributed by atoms with Crippen LogP contribution in [-0.4, -0.2) is 84.3 Å². The molecule has 42 heavy (non-hydrogen) atoms. The van der Waals surface area contributed by atoms with Gasteiger partial charge in [0, 0.05) is 30.8 Å². The zero-order valence-corrected chi connectivity index (χ0v) is 29.0. The maximum atomic E-state index is 12.8. The second kappa shape index (κ2) is 11.2. The first-order valence-electron chi connectivity index (χ1n) is 14.7. The summed E-state index contributed by atoms with van der Waals surface area (Å²) >= 11 is 6.25. The van der Waals surface area contributed by atoms with Gasteiger partial charge in [-0.1, -0.05) is 20.8 Å². The normalized spacial score (nSPS) is 36.9. The number of aryl methyl sites for hydroxylation is 1. The van der Waals surface area contributed by atoms with E-state index in [1.165, 1.54) is 10.8 Å². The monoisotopic (exact) mass is 647 g/mol. The average molecular weight is 648 g/mol. The van der Waals surface area contributed by atoms with Crippen LogP contribution in [0, 0.1) is 6.92 Å². The van der Waals surface area contributed by atoms with Crippen LogP contribution in [0.25, 0.3) is 0 Å². The number of nitrogens with zero attached hydrogens (tertiary/aromatic N) is 2. The fraction of sp³-hybridized carbons (Fsp3) is 0.852. The van der Waals surface area contributed by atoms with E-state index in [0.717, 1.165) is 0 Å². The summed E-state index contributed by atoms with van der Waals surface area (Å²) in [4.78, 5) is 27.2. The minimum Gasteiger partial charge on any atom is -0.414 e. The van der Waals surface area contributed by atoms with E-state index >= 15 is 0 Å². The van der Waals surface area contributed by atoms with Crippen LogP contribution in [0.3, 0.4) is 0 Å². The molecule has 1 N–H and O–H groups in total.